The molecule has 0 N–H and O–H groups in total. The van der Waals surface area contributed by atoms with Crippen LogP contribution >= 0.6 is 0 Å². The van der Waals surface area contributed by atoms with Gasteiger partial charge in [-0.2, -0.15) is 0 Å². The highest BCUT2D eigenvalue weighted by atomic mass is 16.8. The van der Waals surface area contributed by atoms with Gasteiger partial charge in [0.2, 0.25) is 11.4 Å². The monoisotopic (exact) mass is 310 g/mol. The molecule has 2 saturated heterocycles. The van der Waals surface area contributed by atoms with Gasteiger partial charge in [-0.15, -0.1) is 0 Å². The van der Waals surface area contributed by atoms with Gasteiger partial charge >= 0.3 is 0 Å². The van der Waals surface area contributed by atoms with Gasteiger partial charge in [-0.05, 0) is 17.7 Å². The fourth-order valence-electron chi connectivity index (χ4n) is 3.87. The van der Waals surface area contributed by atoms with Gasteiger partial charge in [0.05, 0.1) is 38.5 Å². The quantitative estimate of drug-likeness (QED) is 0.703. The number of ether oxygens (including phenoxy) is 2. The Kier molecular flexibility index (Phi) is 4.00. The summed E-state index contributed by atoms with van der Waals surface area (Å²) in [5.74, 6) is 0. The molecule has 0 saturated carbocycles. The molecule has 0 unspecified atom stereocenters. The molecule has 1 aromatic heterocycles. The van der Waals surface area contributed by atoms with Crippen LogP contribution in [0.2, 0.25) is 0 Å². The first-order valence-corrected chi connectivity index (χ1v) is 8.07. The van der Waals surface area contributed by atoms with Crippen LogP contribution in [0, 0.1) is 5.21 Å². The lowest BCUT2D eigenvalue weighted by atomic mass is 9.89. The van der Waals surface area contributed by atoms with E-state index in [1.165, 1.54) is 0 Å². The molecule has 122 valence electrons. The summed E-state index contributed by atoms with van der Waals surface area (Å²) < 4.78 is 15.8. The van der Waals surface area contributed by atoms with E-state index in [0.717, 1.165) is 71.1 Å². The van der Waals surface area contributed by atoms with Crippen molar-refractivity contribution < 1.29 is 19.0 Å². The SMILES string of the molecule is [O-][n+]1onc2c1[C@H](N1CCOCC1)CC[C@H]2N1CCOCC1. The molecular formula is C14H22N4O4. The maximum atomic E-state index is 12.1. The molecule has 1 aliphatic carbocycles. The van der Waals surface area contributed by atoms with Crippen molar-refractivity contribution in [1.29, 1.82) is 0 Å². The molecule has 4 rings (SSSR count). The second kappa shape index (κ2) is 6.11. The lowest BCUT2D eigenvalue weighted by Crippen LogP contribution is -2.47. The molecule has 3 aliphatic rings. The summed E-state index contributed by atoms with van der Waals surface area (Å²) in [7, 11) is 0. The molecule has 1 aromatic rings. The van der Waals surface area contributed by atoms with E-state index in [9.17, 15) is 5.21 Å². The summed E-state index contributed by atoms with van der Waals surface area (Å²) in [5.41, 5.74) is 1.52. The zero-order valence-corrected chi connectivity index (χ0v) is 12.6. The van der Waals surface area contributed by atoms with E-state index in [-0.39, 0.29) is 12.1 Å². The van der Waals surface area contributed by atoms with E-state index in [2.05, 4.69) is 15.0 Å². The van der Waals surface area contributed by atoms with Crippen molar-refractivity contribution in [3.8, 4) is 0 Å². The van der Waals surface area contributed by atoms with Crippen LogP contribution in [0.15, 0.2) is 4.63 Å². The highest BCUT2D eigenvalue weighted by molar-refractivity contribution is 5.18. The number of aromatic nitrogens is 2. The van der Waals surface area contributed by atoms with Gasteiger partial charge in [0.25, 0.3) is 0 Å². The predicted molar refractivity (Wildman–Crippen MR) is 75.0 cm³/mol. The van der Waals surface area contributed by atoms with Crippen LogP contribution in [0.5, 0.6) is 0 Å². The molecule has 2 aliphatic heterocycles. The Morgan fingerprint density at radius 1 is 0.909 bits per heavy atom. The summed E-state index contributed by atoms with van der Waals surface area (Å²) in [6.07, 6.45) is 1.96. The maximum Gasteiger partial charge on any atom is 0.239 e. The first-order valence-electron chi connectivity index (χ1n) is 8.07. The molecule has 0 amide bonds. The van der Waals surface area contributed by atoms with Crippen molar-refractivity contribution in [3.63, 3.8) is 0 Å². The van der Waals surface area contributed by atoms with Crippen LogP contribution in [0.25, 0.3) is 0 Å². The molecule has 8 heteroatoms. The third-order valence-electron chi connectivity index (χ3n) is 4.99. The lowest BCUT2D eigenvalue weighted by Gasteiger charge is -2.39. The van der Waals surface area contributed by atoms with Gasteiger partial charge < -0.3 is 14.7 Å². The minimum atomic E-state index is 0.0972. The van der Waals surface area contributed by atoms with Gasteiger partial charge in [0.15, 0.2) is 0 Å². The second-order valence-corrected chi connectivity index (χ2v) is 6.11. The van der Waals surface area contributed by atoms with Gasteiger partial charge in [0, 0.05) is 31.3 Å². The molecule has 3 heterocycles. The molecule has 0 spiro atoms. The van der Waals surface area contributed by atoms with Crippen molar-refractivity contribution in [3.05, 3.63) is 16.6 Å². The fraction of sp³-hybridized carbons (Fsp3) is 0.857. The topological polar surface area (TPSA) is 77.9 Å². The Labute approximate surface area is 129 Å². The highest BCUT2D eigenvalue weighted by Gasteiger charge is 2.43. The average Bonchev–Trinajstić information content (AvgIpc) is 2.98. The van der Waals surface area contributed by atoms with Crippen molar-refractivity contribution in [2.75, 3.05) is 52.6 Å². The van der Waals surface area contributed by atoms with Crippen molar-refractivity contribution in [1.82, 2.24) is 15.0 Å². The summed E-state index contributed by atoms with van der Waals surface area (Å²) >= 11 is 0. The summed E-state index contributed by atoms with van der Waals surface area (Å²) in [6.45, 7) is 6.43. The van der Waals surface area contributed by atoms with E-state index in [1.54, 1.807) is 0 Å². The summed E-state index contributed by atoms with van der Waals surface area (Å²) in [4.78, 5) is 5.30. The maximum absolute atomic E-state index is 12.1. The molecule has 2 atom stereocenters. The summed E-state index contributed by atoms with van der Waals surface area (Å²) in [6, 6.07) is 0.273. The van der Waals surface area contributed by atoms with Crippen LogP contribution < -0.4 is 4.90 Å². The Morgan fingerprint density at radius 2 is 1.45 bits per heavy atom. The van der Waals surface area contributed by atoms with Crippen LogP contribution in [0.4, 0.5) is 0 Å². The van der Waals surface area contributed by atoms with E-state index in [1.807, 2.05) is 0 Å². The third-order valence-corrected chi connectivity index (χ3v) is 4.99. The minimum Gasteiger partial charge on any atom is -0.379 e. The van der Waals surface area contributed by atoms with Crippen LogP contribution in [-0.4, -0.2) is 67.6 Å². The first-order chi connectivity index (χ1) is 10.8. The fourth-order valence-corrected chi connectivity index (χ4v) is 3.87. The Balaban J connectivity index is 1.60. The van der Waals surface area contributed by atoms with Crippen molar-refractivity contribution in [2.45, 2.75) is 24.9 Å². The van der Waals surface area contributed by atoms with E-state index < -0.39 is 0 Å². The third kappa shape index (κ3) is 2.50. The smallest absolute Gasteiger partial charge is 0.239 e. The van der Waals surface area contributed by atoms with E-state index in [4.69, 9.17) is 14.1 Å². The van der Waals surface area contributed by atoms with Crippen molar-refractivity contribution >= 4 is 0 Å². The Bertz CT molecular complexity index is 511. The number of morpholine rings is 2. The number of hydrogen-bond donors (Lipinski definition) is 0. The Morgan fingerprint density at radius 3 is 2.09 bits per heavy atom. The van der Waals surface area contributed by atoms with Gasteiger partial charge in [-0.25, -0.2) is 0 Å². The number of nitrogens with zero attached hydrogens (tertiary/aromatic N) is 4. The van der Waals surface area contributed by atoms with Crippen LogP contribution in [0.1, 0.15) is 36.3 Å². The molecule has 8 nitrogen and oxygen atoms in total. The zero-order chi connectivity index (χ0) is 14.9. The number of fused-ring (bicyclic) bond motifs is 1. The van der Waals surface area contributed by atoms with E-state index in [0.29, 0.717) is 10.6 Å². The molecule has 0 radical (unpaired) electrons. The number of rotatable bonds is 2. The van der Waals surface area contributed by atoms with Gasteiger partial charge in [0.1, 0.15) is 0 Å². The summed E-state index contributed by atoms with van der Waals surface area (Å²) in [5, 5.41) is 16.2. The lowest BCUT2D eigenvalue weighted by molar-refractivity contribution is -0.809. The van der Waals surface area contributed by atoms with Crippen LogP contribution in [0.3, 0.4) is 0 Å². The van der Waals surface area contributed by atoms with Gasteiger partial charge in [-0.3, -0.25) is 14.4 Å². The van der Waals surface area contributed by atoms with Gasteiger partial charge in [-0.1, -0.05) is 0 Å². The largest absolute Gasteiger partial charge is 0.379 e. The second-order valence-electron chi connectivity index (χ2n) is 6.11. The minimum absolute atomic E-state index is 0.0972. The van der Waals surface area contributed by atoms with Crippen LogP contribution in [-0.2, 0) is 9.47 Å². The molecule has 0 bridgehead atoms. The highest BCUT2D eigenvalue weighted by Crippen LogP contribution is 2.40. The Hall–Kier alpha value is -1.22. The normalized spacial score (nSPS) is 31.1. The molecule has 0 aromatic carbocycles. The van der Waals surface area contributed by atoms with Crippen molar-refractivity contribution in [2.24, 2.45) is 0 Å². The molecule has 2 fully saturated rings. The zero-order valence-electron chi connectivity index (χ0n) is 12.6. The van der Waals surface area contributed by atoms with E-state index >= 15 is 0 Å². The number of hydrogen-bond acceptors (Lipinski definition) is 7. The average molecular weight is 310 g/mol. The molecule has 22 heavy (non-hydrogen) atoms. The standard InChI is InChI=1S/C14H22N4O4/c19-18-14-12(17-5-9-21-10-6-17)2-1-11(13(14)15-22-18)16-3-7-20-8-4-16/h11-12H,1-10H2/t11-,12-/m1/s1. The molecular weight excluding hydrogens is 288 g/mol. The first kappa shape index (κ1) is 14.4. The predicted octanol–water partition coefficient (Wildman–Crippen LogP) is -0.152.